The van der Waals surface area contributed by atoms with Gasteiger partial charge in [0.15, 0.2) is 0 Å². The second-order valence-corrected chi connectivity index (χ2v) is 7.41. The van der Waals surface area contributed by atoms with E-state index in [1.807, 2.05) is 12.1 Å². The van der Waals surface area contributed by atoms with Gasteiger partial charge in [-0.1, -0.05) is 36.4 Å². The van der Waals surface area contributed by atoms with Crippen molar-refractivity contribution in [3.63, 3.8) is 0 Å². The maximum atomic E-state index is 12.9. The van der Waals surface area contributed by atoms with E-state index in [4.69, 9.17) is 9.47 Å². The van der Waals surface area contributed by atoms with Crippen LogP contribution < -0.4 is 0 Å². The summed E-state index contributed by atoms with van der Waals surface area (Å²) < 4.78 is 24.2. The SMILES string of the molecule is CO[C@H]1C=C[C@@H](OC)[C@@H]2[C@H]1[C@@H]1c3ccccc3[C@H]2S1=O. The van der Waals surface area contributed by atoms with E-state index in [0.717, 1.165) is 0 Å². The fourth-order valence-corrected chi connectivity index (χ4v) is 6.83. The van der Waals surface area contributed by atoms with Gasteiger partial charge in [-0.25, -0.2) is 0 Å². The second-order valence-electron chi connectivity index (χ2n) is 5.74. The monoisotopic (exact) mass is 290 g/mol. The Kier molecular flexibility index (Phi) is 2.88. The van der Waals surface area contributed by atoms with Crippen LogP contribution in [0.4, 0.5) is 0 Å². The summed E-state index contributed by atoms with van der Waals surface area (Å²) in [5, 5.41) is 0.183. The highest BCUT2D eigenvalue weighted by molar-refractivity contribution is 7.86. The zero-order chi connectivity index (χ0) is 13.9. The summed E-state index contributed by atoms with van der Waals surface area (Å²) in [4.78, 5) is 0. The van der Waals surface area contributed by atoms with Gasteiger partial charge in [-0.15, -0.1) is 0 Å². The number of methoxy groups -OCH3 is 2. The number of hydrogen-bond donors (Lipinski definition) is 0. The van der Waals surface area contributed by atoms with E-state index in [1.54, 1.807) is 14.2 Å². The van der Waals surface area contributed by atoms with Gasteiger partial charge in [-0.2, -0.15) is 0 Å². The van der Waals surface area contributed by atoms with E-state index < -0.39 is 10.8 Å². The van der Waals surface area contributed by atoms with Crippen molar-refractivity contribution < 1.29 is 13.7 Å². The van der Waals surface area contributed by atoms with Crippen molar-refractivity contribution in [2.24, 2.45) is 11.8 Å². The molecule has 2 aliphatic heterocycles. The molecule has 1 saturated heterocycles. The Labute approximate surface area is 121 Å². The summed E-state index contributed by atoms with van der Waals surface area (Å²) in [6, 6.07) is 8.34. The lowest BCUT2D eigenvalue weighted by atomic mass is 9.68. The topological polar surface area (TPSA) is 35.5 Å². The molecule has 0 aromatic heterocycles. The first-order valence-electron chi connectivity index (χ1n) is 7.00. The smallest absolute Gasteiger partial charge is 0.0800 e. The molecule has 1 unspecified atom stereocenters. The Morgan fingerprint density at radius 3 is 1.75 bits per heavy atom. The van der Waals surface area contributed by atoms with Crippen molar-refractivity contribution in [1.29, 1.82) is 0 Å². The van der Waals surface area contributed by atoms with Crippen molar-refractivity contribution in [2.45, 2.75) is 22.7 Å². The zero-order valence-electron chi connectivity index (χ0n) is 11.6. The second kappa shape index (κ2) is 4.52. The van der Waals surface area contributed by atoms with Gasteiger partial charge in [0.05, 0.1) is 22.7 Å². The van der Waals surface area contributed by atoms with E-state index in [2.05, 4.69) is 24.3 Å². The van der Waals surface area contributed by atoms with E-state index in [1.165, 1.54) is 11.1 Å². The molecule has 4 rings (SSSR count). The fraction of sp³-hybridized carbons (Fsp3) is 0.500. The van der Waals surface area contributed by atoms with Gasteiger partial charge >= 0.3 is 0 Å². The number of fused-ring (bicyclic) bond motifs is 8. The lowest BCUT2D eigenvalue weighted by Gasteiger charge is -2.40. The van der Waals surface area contributed by atoms with Gasteiger partial charge in [-0.3, -0.25) is 4.21 Å². The molecule has 7 atom stereocenters. The highest BCUT2D eigenvalue weighted by Gasteiger charge is 2.61. The molecule has 4 heteroatoms. The first kappa shape index (κ1) is 12.7. The first-order chi connectivity index (χ1) is 9.77. The maximum Gasteiger partial charge on any atom is 0.0800 e. The number of ether oxygens (including phenoxy) is 2. The Morgan fingerprint density at radius 1 is 0.900 bits per heavy atom. The highest BCUT2D eigenvalue weighted by Crippen LogP contribution is 2.63. The third kappa shape index (κ3) is 1.45. The molecule has 0 saturated carbocycles. The largest absolute Gasteiger partial charge is 0.377 e. The van der Waals surface area contributed by atoms with Gasteiger partial charge in [0.1, 0.15) is 0 Å². The molecule has 1 aromatic rings. The van der Waals surface area contributed by atoms with E-state index in [0.29, 0.717) is 0 Å². The van der Waals surface area contributed by atoms with Crippen LogP contribution in [0.25, 0.3) is 0 Å². The summed E-state index contributed by atoms with van der Waals surface area (Å²) in [7, 11) is 2.61. The predicted molar refractivity (Wildman–Crippen MR) is 77.8 cm³/mol. The maximum absolute atomic E-state index is 12.9. The van der Waals surface area contributed by atoms with Gasteiger partial charge in [0.25, 0.3) is 0 Å². The van der Waals surface area contributed by atoms with Gasteiger partial charge in [0, 0.05) is 36.9 Å². The van der Waals surface area contributed by atoms with Crippen LogP contribution in [-0.2, 0) is 20.3 Å². The minimum Gasteiger partial charge on any atom is -0.377 e. The van der Waals surface area contributed by atoms with Crippen LogP contribution in [0.1, 0.15) is 21.6 Å². The normalized spacial score (nSPS) is 44.4. The van der Waals surface area contributed by atoms with Gasteiger partial charge in [0.2, 0.25) is 0 Å². The third-order valence-corrected chi connectivity index (χ3v) is 7.18. The summed E-state index contributed by atoms with van der Waals surface area (Å²) in [5.74, 6) is 0.520. The molecule has 0 amide bonds. The minimum absolute atomic E-state index is 0.0405. The van der Waals surface area contributed by atoms with Crippen LogP contribution in [0.15, 0.2) is 36.4 Å². The summed E-state index contributed by atoms with van der Waals surface area (Å²) >= 11 is 0. The lowest BCUT2D eigenvalue weighted by molar-refractivity contribution is -0.00722. The fourth-order valence-electron chi connectivity index (χ4n) is 4.30. The number of rotatable bonds is 2. The Bertz CT molecular complexity index is 548. The van der Waals surface area contributed by atoms with Crippen molar-refractivity contribution in [1.82, 2.24) is 0 Å². The Balaban J connectivity index is 1.88. The van der Waals surface area contributed by atoms with Crippen LogP contribution in [0.5, 0.6) is 0 Å². The average molecular weight is 290 g/mol. The number of hydrogen-bond acceptors (Lipinski definition) is 3. The van der Waals surface area contributed by atoms with Gasteiger partial charge in [-0.05, 0) is 11.1 Å². The van der Waals surface area contributed by atoms with E-state index in [-0.39, 0.29) is 34.5 Å². The van der Waals surface area contributed by atoms with Crippen LogP contribution in [-0.4, -0.2) is 30.6 Å². The molecular weight excluding hydrogens is 272 g/mol. The zero-order valence-corrected chi connectivity index (χ0v) is 12.4. The summed E-state index contributed by atoms with van der Waals surface area (Å²) in [6.45, 7) is 0. The van der Waals surface area contributed by atoms with Crippen molar-refractivity contribution in [2.75, 3.05) is 14.2 Å². The summed E-state index contributed by atoms with van der Waals surface area (Å²) in [5.41, 5.74) is 2.51. The quantitative estimate of drug-likeness (QED) is 0.785. The highest BCUT2D eigenvalue weighted by atomic mass is 32.2. The van der Waals surface area contributed by atoms with Crippen molar-refractivity contribution in [3.8, 4) is 0 Å². The standard InChI is InChI=1S/C16H18O3S/c1-18-11-7-8-12(19-2)14-13(11)15-9-5-3-4-6-10(9)16(14)20(15)17/h3-8,11-16H,1-2H3/t11-,12+,13-,14+,15-,16+,20?. The van der Waals surface area contributed by atoms with E-state index >= 15 is 0 Å². The predicted octanol–water partition coefficient (Wildman–Crippen LogP) is 2.38. The van der Waals surface area contributed by atoms with E-state index in [9.17, 15) is 4.21 Å². The Morgan fingerprint density at radius 2 is 1.35 bits per heavy atom. The third-order valence-electron chi connectivity index (χ3n) is 5.05. The summed E-state index contributed by atoms with van der Waals surface area (Å²) in [6.07, 6.45) is 4.24. The molecule has 2 bridgehead atoms. The first-order valence-corrected chi connectivity index (χ1v) is 8.27. The van der Waals surface area contributed by atoms with Crippen molar-refractivity contribution in [3.05, 3.63) is 47.5 Å². The van der Waals surface area contributed by atoms with Gasteiger partial charge < -0.3 is 9.47 Å². The molecule has 3 aliphatic rings. The molecule has 3 nitrogen and oxygen atoms in total. The molecule has 0 N–H and O–H groups in total. The lowest BCUT2D eigenvalue weighted by Crippen LogP contribution is -2.41. The molecular formula is C16H18O3S. The van der Waals surface area contributed by atoms with Crippen LogP contribution in [0.3, 0.4) is 0 Å². The minimum atomic E-state index is -0.862. The van der Waals surface area contributed by atoms with Crippen LogP contribution >= 0.6 is 0 Å². The molecule has 0 radical (unpaired) electrons. The Hall–Kier alpha value is -0.970. The molecule has 20 heavy (non-hydrogen) atoms. The molecule has 1 aliphatic carbocycles. The van der Waals surface area contributed by atoms with Crippen LogP contribution in [0, 0.1) is 11.8 Å². The average Bonchev–Trinajstić information content (AvgIpc) is 2.95. The van der Waals surface area contributed by atoms with Crippen LogP contribution in [0.2, 0.25) is 0 Å². The number of benzene rings is 1. The molecule has 2 heterocycles. The van der Waals surface area contributed by atoms with Crippen molar-refractivity contribution >= 4 is 10.8 Å². The molecule has 106 valence electrons. The molecule has 1 aromatic carbocycles. The molecule has 1 fully saturated rings. The molecule has 0 spiro atoms.